The van der Waals surface area contributed by atoms with Crippen molar-refractivity contribution in [1.29, 1.82) is 0 Å². The molecule has 0 fully saturated rings. The predicted molar refractivity (Wildman–Crippen MR) is 173 cm³/mol. The highest BCUT2D eigenvalue weighted by atomic mass is 15.2. The van der Waals surface area contributed by atoms with Gasteiger partial charge in [-0.3, -0.25) is 8.97 Å². The van der Waals surface area contributed by atoms with Crippen molar-refractivity contribution in [2.24, 2.45) is 0 Å². The second-order valence-electron chi connectivity index (χ2n) is 11.3. The molecule has 0 radical (unpaired) electrons. The van der Waals surface area contributed by atoms with Crippen molar-refractivity contribution in [3.8, 4) is 11.4 Å². The maximum atomic E-state index is 5.25. The van der Waals surface area contributed by atoms with E-state index in [-0.39, 0.29) is 5.92 Å². The minimum absolute atomic E-state index is 0.256. The van der Waals surface area contributed by atoms with E-state index in [1.807, 2.05) is 0 Å². The van der Waals surface area contributed by atoms with Crippen LogP contribution in [-0.4, -0.2) is 18.5 Å². The van der Waals surface area contributed by atoms with Crippen molar-refractivity contribution in [3.05, 3.63) is 150 Å². The van der Waals surface area contributed by atoms with Crippen LogP contribution in [0.1, 0.15) is 35.6 Å². The topological polar surface area (TPSA) is 27.2 Å². The molecule has 0 N–H and O–H groups in total. The molecule has 2 unspecified atom stereocenters. The molecule has 1 aliphatic carbocycles. The maximum absolute atomic E-state index is 5.25. The molecule has 200 valence electrons. The zero-order valence-electron chi connectivity index (χ0n) is 23.2. The van der Waals surface area contributed by atoms with Crippen molar-refractivity contribution in [3.63, 3.8) is 0 Å². The average Bonchev–Trinajstić information content (AvgIpc) is 3.68. The number of imidazole rings is 2. The van der Waals surface area contributed by atoms with E-state index < -0.39 is 0 Å². The molecule has 0 saturated heterocycles. The fraction of sp³-hybridized carbons (Fsp3) is 0.0789. The van der Waals surface area contributed by atoms with Gasteiger partial charge in [0.1, 0.15) is 0 Å². The van der Waals surface area contributed by atoms with Gasteiger partial charge in [-0.15, -0.1) is 0 Å². The molecule has 0 aliphatic heterocycles. The summed E-state index contributed by atoms with van der Waals surface area (Å²) in [6.07, 6.45) is 4.72. The van der Waals surface area contributed by atoms with E-state index in [1.165, 1.54) is 33.4 Å². The maximum Gasteiger partial charge on any atom is 0.220 e. The Morgan fingerprint density at radius 2 is 1.24 bits per heavy atom. The number of rotatable bonds is 3. The Balaban J connectivity index is 1.21. The van der Waals surface area contributed by atoms with E-state index in [4.69, 9.17) is 4.98 Å². The van der Waals surface area contributed by atoms with Crippen LogP contribution in [0.3, 0.4) is 0 Å². The number of fused-ring (bicyclic) bond motifs is 8. The third-order valence-electron chi connectivity index (χ3n) is 9.05. The zero-order valence-corrected chi connectivity index (χ0v) is 23.2. The third kappa shape index (κ3) is 3.20. The van der Waals surface area contributed by atoms with E-state index in [0.29, 0.717) is 5.92 Å². The molecule has 8 aromatic rings. The number of aromatic nitrogens is 4. The number of benzene rings is 5. The Morgan fingerprint density at radius 1 is 0.595 bits per heavy atom. The van der Waals surface area contributed by atoms with E-state index in [9.17, 15) is 0 Å². The van der Waals surface area contributed by atoms with Gasteiger partial charge in [0, 0.05) is 22.7 Å². The monoisotopic (exact) mass is 540 g/mol. The molecule has 4 heteroatoms. The zero-order chi connectivity index (χ0) is 27.8. The number of allylic oxidation sites excluding steroid dienone is 1. The fourth-order valence-electron chi connectivity index (χ4n) is 7.18. The molecule has 0 amide bonds. The molecule has 1 aliphatic rings. The number of hydrogen-bond acceptors (Lipinski definition) is 1. The lowest BCUT2D eigenvalue weighted by atomic mass is 9.78. The Kier molecular flexibility index (Phi) is 4.91. The van der Waals surface area contributed by atoms with Gasteiger partial charge >= 0.3 is 0 Å². The van der Waals surface area contributed by atoms with Crippen LogP contribution >= 0.6 is 0 Å². The first kappa shape index (κ1) is 23.4. The number of nitrogens with zero attached hydrogens (tertiary/aromatic N) is 4. The van der Waals surface area contributed by atoms with Crippen LogP contribution in [0.25, 0.3) is 56.2 Å². The van der Waals surface area contributed by atoms with Gasteiger partial charge in [-0.2, -0.15) is 0 Å². The standard InChI is InChI=1S/C38H28N4/c1-25-29(21-23-36-37(25)30-16-8-9-17-32(30)40(36)27-12-4-2-5-13-27)26-20-22-33-31(24-26)39-38-41(28-14-6-3-7-15-28)34-18-10-11-19-35(34)42(33)38/h2-25,29H,1H3. The van der Waals surface area contributed by atoms with E-state index in [2.05, 4.69) is 160 Å². The van der Waals surface area contributed by atoms with Crippen molar-refractivity contribution in [2.45, 2.75) is 18.8 Å². The smallest absolute Gasteiger partial charge is 0.220 e. The summed E-state index contributed by atoms with van der Waals surface area (Å²) >= 11 is 0. The van der Waals surface area contributed by atoms with Crippen LogP contribution in [-0.2, 0) is 0 Å². The summed E-state index contributed by atoms with van der Waals surface area (Å²) in [5, 5.41) is 1.33. The lowest BCUT2D eigenvalue weighted by Gasteiger charge is -2.26. The van der Waals surface area contributed by atoms with Gasteiger partial charge in [0.05, 0.1) is 33.3 Å². The largest absolute Gasteiger partial charge is 0.310 e. The first-order chi connectivity index (χ1) is 20.8. The molecule has 2 atom stereocenters. The summed E-state index contributed by atoms with van der Waals surface area (Å²) in [5.74, 6) is 1.51. The highest BCUT2D eigenvalue weighted by Gasteiger charge is 2.30. The second-order valence-corrected chi connectivity index (χ2v) is 11.3. The second kappa shape index (κ2) is 8.82. The molecule has 42 heavy (non-hydrogen) atoms. The van der Waals surface area contributed by atoms with Crippen LogP contribution in [0.5, 0.6) is 0 Å². The van der Waals surface area contributed by atoms with Gasteiger partial charge in [0.2, 0.25) is 5.78 Å². The minimum Gasteiger partial charge on any atom is -0.310 e. The number of hydrogen-bond donors (Lipinski definition) is 0. The van der Waals surface area contributed by atoms with Crippen molar-refractivity contribution in [1.82, 2.24) is 18.5 Å². The van der Waals surface area contributed by atoms with Crippen LogP contribution in [0.4, 0.5) is 0 Å². The number of para-hydroxylation sites is 5. The van der Waals surface area contributed by atoms with E-state index in [1.54, 1.807) is 0 Å². The van der Waals surface area contributed by atoms with Gasteiger partial charge in [-0.25, -0.2) is 4.98 Å². The van der Waals surface area contributed by atoms with Gasteiger partial charge in [-0.1, -0.05) is 85.8 Å². The van der Waals surface area contributed by atoms with Crippen LogP contribution in [0.15, 0.2) is 133 Å². The van der Waals surface area contributed by atoms with Crippen molar-refractivity contribution < 1.29 is 0 Å². The highest BCUT2D eigenvalue weighted by Crippen LogP contribution is 2.46. The lowest BCUT2D eigenvalue weighted by Crippen LogP contribution is -2.12. The molecule has 4 nitrogen and oxygen atoms in total. The van der Waals surface area contributed by atoms with E-state index in [0.717, 1.165) is 33.5 Å². The summed E-state index contributed by atoms with van der Waals surface area (Å²) in [4.78, 5) is 5.25. The Labute approximate surface area is 243 Å². The average molecular weight is 541 g/mol. The molecular weight excluding hydrogens is 512 g/mol. The highest BCUT2D eigenvalue weighted by molar-refractivity contribution is 5.93. The summed E-state index contributed by atoms with van der Waals surface area (Å²) in [6, 6.07) is 45.5. The quantitative estimate of drug-likeness (QED) is 0.219. The summed E-state index contributed by atoms with van der Waals surface area (Å²) in [6.45, 7) is 2.37. The lowest BCUT2D eigenvalue weighted by molar-refractivity contribution is 0.672. The predicted octanol–water partition coefficient (Wildman–Crippen LogP) is 9.29. The van der Waals surface area contributed by atoms with Gasteiger partial charge in [-0.05, 0) is 77.7 Å². The van der Waals surface area contributed by atoms with Crippen molar-refractivity contribution >= 4 is 44.8 Å². The van der Waals surface area contributed by atoms with Gasteiger partial charge in [0.25, 0.3) is 0 Å². The SMILES string of the molecule is CC1c2c(n(-c3ccccc3)c3ccccc23)C=CC1c1ccc2c(c1)nc1n(-c3ccccc3)c3ccccc3n21. The molecule has 0 spiro atoms. The molecular formula is C38H28N4. The molecule has 0 saturated carbocycles. The first-order valence-electron chi connectivity index (χ1n) is 14.6. The van der Waals surface area contributed by atoms with Crippen molar-refractivity contribution in [2.75, 3.05) is 0 Å². The summed E-state index contributed by atoms with van der Waals surface area (Å²) in [7, 11) is 0. The molecule has 3 heterocycles. The normalized spacial score (nSPS) is 16.6. The summed E-state index contributed by atoms with van der Waals surface area (Å²) in [5.41, 5.74) is 12.0. The molecule has 9 rings (SSSR count). The molecule has 3 aromatic heterocycles. The van der Waals surface area contributed by atoms with Crippen LogP contribution < -0.4 is 0 Å². The van der Waals surface area contributed by atoms with E-state index >= 15 is 0 Å². The third-order valence-corrected chi connectivity index (χ3v) is 9.05. The van der Waals surface area contributed by atoms with Crippen LogP contribution in [0.2, 0.25) is 0 Å². The van der Waals surface area contributed by atoms with Crippen LogP contribution in [0, 0.1) is 0 Å². The van der Waals surface area contributed by atoms with Gasteiger partial charge < -0.3 is 4.57 Å². The molecule has 5 aromatic carbocycles. The Hall–Kier alpha value is -5.35. The first-order valence-corrected chi connectivity index (χ1v) is 14.6. The molecule has 0 bridgehead atoms. The summed E-state index contributed by atoms with van der Waals surface area (Å²) < 4.78 is 6.97. The van der Waals surface area contributed by atoms with Gasteiger partial charge in [0.15, 0.2) is 0 Å². The minimum atomic E-state index is 0.256. The fourth-order valence-corrected chi connectivity index (χ4v) is 7.18. The Bertz CT molecular complexity index is 2320. The Morgan fingerprint density at radius 3 is 2.00 bits per heavy atom.